The first-order chi connectivity index (χ1) is 15.2. The molecule has 0 aliphatic heterocycles. The van der Waals surface area contributed by atoms with Gasteiger partial charge in [0.1, 0.15) is 5.82 Å². The number of aromatic nitrogens is 4. The molecule has 0 radical (unpaired) electrons. The van der Waals surface area contributed by atoms with Gasteiger partial charge in [-0.15, -0.1) is 0 Å². The molecule has 3 aromatic rings. The predicted octanol–water partition coefficient (Wildman–Crippen LogP) is 3.78. The topological polar surface area (TPSA) is 85.6 Å². The van der Waals surface area contributed by atoms with E-state index in [2.05, 4.69) is 22.8 Å². The molecule has 0 spiro atoms. The second kappa shape index (κ2) is 9.34. The number of fused-ring (bicyclic) bond motifs is 1. The summed E-state index contributed by atoms with van der Waals surface area (Å²) in [5, 5.41) is 8.95. The summed E-state index contributed by atoms with van der Waals surface area (Å²) in [6, 6.07) is 12.2. The lowest BCUT2D eigenvalue weighted by Gasteiger charge is -2.14. The molecule has 0 unspecified atom stereocenters. The Morgan fingerprint density at radius 3 is 2.48 bits per heavy atom. The van der Waals surface area contributed by atoms with Gasteiger partial charge in [0, 0.05) is 32.0 Å². The van der Waals surface area contributed by atoms with Crippen LogP contribution in [-0.4, -0.2) is 18.7 Å². The molecule has 0 saturated heterocycles. The van der Waals surface area contributed by atoms with E-state index in [1.54, 1.807) is 4.57 Å². The van der Waals surface area contributed by atoms with Gasteiger partial charge in [0.25, 0.3) is 5.56 Å². The summed E-state index contributed by atoms with van der Waals surface area (Å²) in [5.74, 6) is 1.22. The molecule has 1 aromatic carbocycles. The van der Waals surface area contributed by atoms with Crippen LogP contribution in [0.25, 0.3) is 11.2 Å². The first-order valence-electron chi connectivity index (χ1n) is 11.3. The number of hydrogen-bond donors (Lipinski definition) is 0. The molecule has 0 amide bonds. The van der Waals surface area contributed by atoms with Gasteiger partial charge in [-0.3, -0.25) is 13.9 Å². The molecule has 4 rings (SSSR count). The molecule has 0 N–H and O–H groups in total. The van der Waals surface area contributed by atoms with Crippen LogP contribution >= 0.6 is 0 Å². The Kier molecular flexibility index (Phi) is 6.36. The Balaban J connectivity index is 1.97. The Morgan fingerprint density at radius 1 is 1.06 bits per heavy atom. The summed E-state index contributed by atoms with van der Waals surface area (Å²) in [5.41, 5.74) is 1.50. The minimum absolute atomic E-state index is 0.258. The number of nitriles is 1. The number of benzene rings is 1. The highest BCUT2D eigenvalue weighted by atomic mass is 16.2. The van der Waals surface area contributed by atoms with E-state index in [4.69, 9.17) is 10.2 Å². The van der Waals surface area contributed by atoms with Crippen molar-refractivity contribution in [3.05, 3.63) is 62.6 Å². The minimum Gasteiger partial charge on any atom is -0.317 e. The summed E-state index contributed by atoms with van der Waals surface area (Å²) in [4.78, 5) is 31.6. The van der Waals surface area contributed by atoms with Crippen LogP contribution in [0.4, 0.5) is 0 Å². The number of rotatable bonds is 8. The number of imidazole rings is 1. The van der Waals surface area contributed by atoms with Gasteiger partial charge in [-0.05, 0) is 31.2 Å². The smallest absolute Gasteiger partial charge is 0.317 e. The largest absolute Gasteiger partial charge is 0.332 e. The molecule has 31 heavy (non-hydrogen) atoms. The highest BCUT2D eigenvalue weighted by molar-refractivity contribution is 5.71. The molecule has 7 nitrogen and oxygen atoms in total. The molecule has 162 valence electrons. The monoisotopic (exact) mass is 419 g/mol. The quantitative estimate of drug-likeness (QED) is 0.520. The van der Waals surface area contributed by atoms with Gasteiger partial charge < -0.3 is 4.57 Å². The first-order valence-corrected chi connectivity index (χ1v) is 11.3. The second-order valence-electron chi connectivity index (χ2n) is 8.35. The van der Waals surface area contributed by atoms with E-state index in [0.717, 1.165) is 37.1 Å². The molecule has 7 heteroatoms. The van der Waals surface area contributed by atoms with E-state index in [9.17, 15) is 9.59 Å². The van der Waals surface area contributed by atoms with Crippen LogP contribution in [0, 0.1) is 11.3 Å². The fraction of sp³-hybridized carbons (Fsp3) is 0.500. The zero-order chi connectivity index (χ0) is 21.8. The molecule has 0 atom stereocenters. The highest BCUT2D eigenvalue weighted by Gasteiger charge is 2.27. The van der Waals surface area contributed by atoms with Crippen LogP contribution < -0.4 is 11.2 Å². The normalized spacial score (nSPS) is 14.3. The van der Waals surface area contributed by atoms with E-state index in [1.165, 1.54) is 4.57 Å². The first kappa shape index (κ1) is 21.1. The fourth-order valence-electron chi connectivity index (χ4n) is 4.67. The Labute approximate surface area is 181 Å². The van der Waals surface area contributed by atoms with E-state index < -0.39 is 0 Å². The van der Waals surface area contributed by atoms with Crippen molar-refractivity contribution in [1.82, 2.24) is 18.7 Å². The van der Waals surface area contributed by atoms with Gasteiger partial charge in [-0.25, -0.2) is 9.78 Å². The fourth-order valence-corrected chi connectivity index (χ4v) is 4.67. The van der Waals surface area contributed by atoms with Crippen LogP contribution in [0.2, 0.25) is 0 Å². The van der Waals surface area contributed by atoms with Crippen molar-refractivity contribution in [2.75, 3.05) is 0 Å². The maximum atomic E-state index is 13.5. The molecule has 1 aliphatic rings. The third kappa shape index (κ3) is 4.07. The van der Waals surface area contributed by atoms with Crippen molar-refractivity contribution < 1.29 is 0 Å². The molecule has 1 saturated carbocycles. The molecule has 0 bridgehead atoms. The van der Waals surface area contributed by atoms with Crippen molar-refractivity contribution in [3.63, 3.8) is 0 Å². The van der Waals surface area contributed by atoms with Crippen LogP contribution in [0.15, 0.2) is 39.9 Å². The maximum absolute atomic E-state index is 13.5. The lowest BCUT2D eigenvalue weighted by molar-refractivity contribution is 0.548. The van der Waals surface area contributed by atoms with Crippen molar-refractivity contribution in [3.8, 4) is 6.07 Å². The summed E-state index contributed by atoms with van der Waals surface area (Å²) < 4.78 is 5.01. The maximum Gasteiger partial charge on any atom is 0.332 e. The van der Waals surface area contributed by atoms with Gasteiger partial charge in [0.2, 0.25) is 0 Å². The molecule has 1 aliphatic carbocycles. The van der Waals surface area contributed by atoms with Gasteiger partial charge >= 0.3 is 5.69 Å². The molecular formula is C24H29N5O2. The van der Waals surface area contributed by atoms with Gasteiger partial charge in [0.15, 0.2) is 11.2 Å². The predicted molar refractivity (Wildman–Crippen MR) is 120 cm³/mol. The van der Waals surface area contributed by atoms with Crippen LogP contribution in [0.3, 0.4) is 0 Å². The van der Waals surface area contributed by atoms with E-state index in [1.807, 2.05) is 25.1 Å². The van der Waals surface area contributed by atoms with E-state index in [0.29, 0.717) is 56.0 Å². The van der Waals surface area contributed by atoms with E-state index in [-0.39, 0.29) is 11.2 Å². The molecule has 2 aromatic heterocycles. The molecule has 1 fully saturated rings. The third-order valence-electron chi connectivity index (χ3n) is 6.17. The Bertz CT molecular complexity index is 1210. The molecular weight excluding hydrogens is 390 g/mol. The molecule has 2 heterocycles. The van der Waals surface area contributed by atoms with Crippen LogP contribution in [-0.2, 0) is 19.6 Å². The lowest BCUT2D eigenvalue weighted by Crippen LogP contribution is -2.40. The van der Waals surface area contributed by atoms with Crippen LogP contribution in [0.5, 0.6) is 0 Å². The van der Waals surface area contributed by atoms with Gasteiger partial charge in [0.05, 0.1) is 6.07 Å². The van der Waals surface area contributed by atoms with Crippen molar-refractivity contribution in [1.29, 1.82) is 5.26 Å². The SMILES string of the molecule is CCCn1c(=O)c2c(nc(C3CCCC3)n2Cc2ccccc2)n(CCCC#N)c1=O. The van der Waals surface area contributed by atoms with Gasteiger partial charge in [-0.2, -0.15) is 5.26 Å². The van der Waals surface area contributed by atoms with Gasteiger partial charge in [-0.1, -0.05) is 50.1 Å². The summed E-state index contributed by atoms with van der Waals surface area (Å²) in [6.45, 7) is 3.28. The summed E-state index contributed by atoms with van der Waals surface area (Å²) >= 11 is 0. The average Bonchev–Trinajstić information content (AvgIpc) is 3.43. The zero-order valence-corrected chi connectivity index (χ0v) is 18.1. The summed E-state index contributed by atoms with van der Waals surface area (Å²) in [7, 11) is 0. The lowest BCUT2D eigenvalue weighted by atomic mass is 10.1. The highest BCUT2D eigenvalue weighted by Crippen LogP contribution is 2.35. The van der Waals surface area contributed by atoms with Crippen LogP contribution in [0.1, 0.15) is 69.2 Å². The third-order valence-corrected chi connectivity index (χ3v) is 6.17. The van der Waals surface area contributed by atoms with Crippen molar-refractivity contribution in [2.45, 2.75) is 77.4 Å². The second-order valence-corrected chi connectivity index (χ2v) is 8.35. The van der Waals surface area contributed by atoms with Crippen molar-refractivity contribution >= 4 is 11.2 Å². The number of unbranched alkanes of at least 4 members (excludes halogenated alkanes) is 1. The minimum atomic E-state index is -0.320. The Hall–Kier alpha value is -3.14. The van der Waals surface area contributed by atoms with Crippen molar-refractivity contribution in [2.24, 2.45) is 0 Å². The van der Waals surface area contributed by atoms with E-state index >= 15 is 0 Å². The number of nitrogens with zero attached hydrogens (tertiary/aromatic N) is 5. The summed E-state index contributed by atoms with van der Waals surface area (Å²) in [6.07, 6.45) is 6.05. The number of hydrogen-bond acceptors (Lipinski definition) is 4. The number of aryl methyl sites for hydroxylation is 1. The zero-order valence-electron chi connectivity index (χ0n) is 18.1. The average molecular weight is 420 g/mol. The Morgan fingerprint density at radius 2 is 1.81 bits per heavy atom. The standard InChI is InChI=1S/C24H29N5O2/c1-2-15-28-23(30)20-22(27(24(28)31)16-9-8-14-25)26-21(19-12-6-7-13-19)29(20)17-18-10-4-3-5-11-18/h3-5,10-11,19H,2,6-9,12-13,15-17H2,1H3.